The first kappa shape index (κ1) is 10.1. The lowest BCUT2D eigenvalue weighted by atomic mass is 10.2. The Balaban J connectivity index is 2.72. The maximum atomic E-state index is 8.04. The van der Waals surface area contributed by atoms with Crippen molar-refractivity contribution >= 4 is 11.9 Å². The van der Waals surface area contributed by atoms with E-state index in [2.05, 4.69) is 15.0 Å². The van der Waals surface area contributed by atoms with E-state index in [9.17, 15) is 0 Å². The van der Waals surface area contributed by atoms with Gasteiger partial charge in [-0.3, -0.25) is 0 Å². The molecule has 0 aliphatic rings. The van der Waals surface area contributed by atoms with E-state index in [-0.39, 0.29) is 0 Å². The van der Waals surface area contributed by atoms with Gasteiger partial charge < -0.3 is 5.73 Å². The van der Waals surface area contributed by atoms with Gasteiger partial charge in [0.2, 0.25) is 0 Å². The summed E-state index contributed by atoms with van der Waals surface area (Å²) < 4.78 is 0. The summed E-state index contributed by atoms with van der Waals surface area (Å²) in [6.07, 6.45) is 5.29. The van der Waals surface area contributed by atoms with Crippen LogP contribution in [0.2, 0.25) is 0 Å². The molecular formula is C9H11N5. The summed E-state index contributed by atoms with van der Waals surface area (Å²) in [6.45, 7) is 2.24. The molecule has 0 radical (unpaired) electrons. The van der Waals surface area contributed by atoms with Crippen LogP contribution in [0.15, 0.2) is 23.5 Å². The highest BCUT2D eigenvalue weighted by Crippen LogP contribution is 2.09. The second-order valence-electron chi connectivity index (χ2n) is 2.79. The summed E-state index contributed by atoms with van der Waals surface area (Å²) in [6, 6.07) is 1.93. The third-order valence-corrected chi connectivity index (χ3v) is 1.70. The van der Waals surface area contributed by atoms with E-state index in [1.54, 1.807) is 12.3 Å². The van der Waals surface area contributed by atoms with Crippen molar-refractivity contribution in [2.75, 3.05) is 12.3 Å². The van der Waals surface area contributed by atoms with Gasteiger partial charge in [0.05, 0.1) is 0 Å². The van der Waals surface area contributed by atoms with Gasteiger partial charge in [0.1, 0.15) is 5.82 Å². The summed E-state index contributed by atoms with van der Waals surface area (Å²) in [5.41, 5.74) is 15.5. The van der Waals surface area contributed by atoms with E-state index in [0.717, 1.165) is 11.1 Å². The zero-order chi connectivity index (χ0) is 10.4. The number of pyridine rings is 1. The number of hydrogen-bond donors (Lipinski definition) is 1. The molecular weight excluding hydrogens is 178 g/mol. The fourth-order valence-electron chi connectivity index (χ4n) is 0.971. The van der Waals surface area contributed by atoms with Crippen LogP contribution in [0.25, 0.3) is 16.5 Å². The first-order valence-corrected chi connectivity index (χ1v) is 4.13. The van der Waals surface area contributed by atoms with Gasteiger partial charge in [-0.25, -0.2) is 4.98 Å². The van der Waals surface area contributed by atoms with E-state index in [1.807, 2.05) is 19.1 Å². The summed E-state index contributed by atoms with van der Waals surface area (Å²) >= 11 is 0. The molecule has 5 nitrogen and oxygen atoms in total. The second kappa shape index (κ2) is 4.89. The van der Waals surface area contributed by atoms with Crippen LogP contribution >= 0.6 is 0 Å². The molecule has 0 saturated heterocycles. The highest BCUT2D eigenvalue weighted by molar-refractivity contribution is 5.53. The number of nitrogen functional groups attached to an aromatic ring is 1. The van der Waals surface area contributed by atoms with Crippen LogP contribution in [0.1, 0.15) is 11.1 Å². The molecule has 0 fully saturated rings. The van der Waals surface area contributed by atoms with Gasteiger partial charge in [0.15, 0.2) is 0 Å². The van der Waals surface area contributed by atoms with Crippen LogP contribution in [0.5, 0.6) is 0 Å². The smallest absolute Gasteiger partial charge is 0.126 e. The number of hydrogen-bond acceptors (Lipinski definition) is 3. The molecule has 72 valence electrons. The fraction of sp³-hybridized carbons (Fsp3) is 0.222. The SMILES string of the molecule is Cc1cc(C=CCN=[N+]=[N-])cnc1N. The van der Waals surface area contributed by atoms with Crippen LogP contribution in [-0.2, 0) is 0 Å². The molecule has 0 aliphatic carbocycles. The Hall–Kier alpha value is -2.00. The molecule has 5 heteroatoms. The summed E-state index contributed by atoms with van der Waals surface area (Å²) in [5.74, 6) is 0.539. The number of aryl methyl sites for hydroxylation is 1. The van der Waals surface area contributed by atoms with Gasteiger partial charge in [0, 0.05) is 17.7 Å². The average Bonchev–Trinajstić information content (AvgIpc) is 2.18. The normalized spacial score (nSPS) is 10.1. The third kappa shape index (κ3) is 2.80. The Kier molecular flexibility index (Phi) is 3.52. The van der Waals surface area contributed by atoms with Gasteiger partial charge >= 0.3 is 0 Å². The molecule has 0 aliphatic heterocycles. The first-order chi connectivity index (χ1) is 6.74. The predicted molar refractivity (Wildman–Crippen MR) is 56.4 cm³/mol. The minimum Gasteiger partial charge on any atom is -0.383 e. The van der Waals surface area contributed by atoms with E-state index < -0.39 is 0 Å². The summed E-state index contributed by atoms with van der Waals surface area (Å²) in [4.78, 5) is 6.64. The number of nitrogens with zero attached hydrogens (tertiary/aromatic N) is 4. The molecule has 14 heavy (non-hydrogen) atoms. The summed E-state index contributed by atoms with van der Waals surface area (Å²) in [7, 11) is 0. The molecule has 1 aromatic rings. The van der Waals surface area contributed by atoms with Crippen LogP contribution in [0.3, 0.4) is 0 Å². The van der Waals surface area contributed by atoms with Crippen molar-refractivity contribution < 1.29 is 0 Å². The van der Waals surface area contributed by atoms with Crippen molar-refractivity contribution in [3.8, 4) is 0 Å². The molecule has 0 unspecified atom stereocenters. The molecule has 1 rings (SSSR count). The van der Waals surface area contributed by atoms with Crippen molar-refractivity contribution in [3.05, 3.63) is 39.9 Å². The highest BCUT2D eigenvalue weighted by Gasteiger charge is 1.93. The second-order valence-corrected chi connectivity index (χ2v) is 2.79. The molecule has 1 heterocycles. The molecule has 0 atom stereocenters. The van der Waals surface area contributed by atoms with Gasteiger partial charge in [-0.15, -0.1) is 0 Å². The monoisotopic (exact) mass is 189 g/mol. The van der Waals surface area contributed by atoms with Crippen molar-refractivity contribution in [1.29, 1.82) is 0 Å². The summed E-state index contributed by atoms with van der Waals surface area (Å²) in [5, 5.41) is 3.38. The van der Waals surface area contributed by atoms with Gasteiger partial charge in [-0.1, -0.05) is 17.3 Å². The van der Waals surface area contributed by atoms with Gasteiger partial charge in [-0.05, 0) is 29.6 Å². The Labute approximate surface area is 81.9 Å². The molecule has 0 spiro atoms. The lowest BCUT2D eigenvalue weighted by Gasteiger charge is -1.98. The Morgan fingerprint density at radius 2 is 2.50 bits per heavy atom. The van der Waals surface area contributed by atoms with Crippen molar-refractivity contribution in [3.63, 3.8) is 0 Å². The highest BCUT2D eigenvalue weighted by atomic mass is 15.1. The molecule has 0 saturated carbocycles. The lowest BCUT2D eigenvalue weighted by Crippen LogP contribution is -1.93. The van der Waals surface area contributed by atoms with Crippen LogP contribution in [-0.4, -0.2) is 11.5 Å². The van der Waals surface area contributed by atoms with Crippen LogP contribution < -0.4 is 5.73 Å². The lowest BCUT2D eigenvalue weighted by molar-refractivity contribution is 1.22. The topological polar surface area (TPSA) is 87.7 Å². The molecule has 1 aromatic heterocycles. The first-order valence-electron chi connectivity index (χ1n) is 4.13. The van der Waals surface area contributed by atoms with Crippen molar-refractivity contribution in [1.82, 2.24) is 4.98 Å². The molecule has 2 N–H and O–H groups in total. The number of rotatable bonds is 3. The minimum atomic E-state index is 0.347. The third-order valence-electron chi connectivity index (χ3n) is 1.70. The van der Waals surface area contributed by atoms with Gasteiger partial charge in [-0.2, -0.15) is 0 Å². The largest absolute Gasteiger partial charge is 0.383 e. The zero-order valence-electron chi connectivity index (χ0n) is 7.88. The van der Waals surface area contributed by atoms with E-state index in [4.69, 9.17) is 11.3 Å². The maximum absolute atomic E-state index is 8.04. The zero-order valence-corrected chi connectivity index (χ0v) is 7.88. The quantitative estimate of drug-likeness (QED) is 0.449. The predicted octanol–water partition coefficient (Wildman–Crippen LogP) is 2.30. The molecule has 0 amide bonds. The standard InChI is InChI=1S/C9H11N5/c1-7-5-8(6-12-9(7)10)3-2-4-13-14-11/h2-3,5-6H,4H2,1H3,(H2,10,12). The van der Waals surface area contributed by atoms with Crippen LogP contribution in [0, 0.1) is 6.92 Å². The Bertz CT molecular complexity index is 390. The molecule has 0 aromatic carbocycles. The van der Waals surface area contributed by atoms with E-state index in [1.165, 1.54) is 0 Å². The van der Waals surface area contributed by atoms with Crippen molar-refractivity contribution in [2.24, 2.45) is 5.11 Å². The number of azide groups is 1. The Morgan fingerprint density at radius 1 is 1.71 bits per heavy atom. The van der Waals surface area contributed by atoms with E-state index in [0.29, 0.717) is 12.4 Å². The fourth-order valence-corrected chi connectivity index (χ4v) is 0.971. The van der Waals surface area contributed by atoms with E-state index >= 15 is 0 Å². The number of nitrogens with two attached hydrogens (primary N) is 1. The van der Waals surface area contributed by atoms with Gasteiger partial charge in [0.25, 0.3) is 0 Å². The number of anilines is 1. The maximum Gasteiger partial charge on any atom is 0.126 e. The molecule has 0 bridgehead atoms. The minimum absolute atomic E-state index is 0.347. The average molecular weight is 189 g/mol. The Morgan fingerprint density at radius 3 is 3.14 bits per heavy atom. The van der Waals surface area contributed by atoms with Crippen molar-refractivity contribution in [2.45, 2.75) is 6.92 Å². The van der Waals surface area contributed by atoms with Crippen LogP contribution in [0.4, 0.5) is 5.82 Å². The number of aromatic nitrogens is 1.